The third kappa shape index (κ3) is 3.35. The molecule has 1 unspecified atom stereocenters. The number of aliphatic hydroxyl groups is 1. The summed E-state index contributed by atoms with van der Waals surface area (Å²) in [6, 6.07) is 2.23. The van der Waals surface area contributed by atoms with E-state index in [1.54, 1.807) is 11.3 Å². The number of hydrogen-bond donors (Lipinski definition) is 2. The van der Waals surface area contributed by atoms with Crippen molar-refractivity contribution < 1.29 is 5.11 Å². The fourth-order valence-corrected chi connectivity index (χ4v) is 3.11. The fraction of sp³-hybridized carbons (Fsp3) is 0.538. The van der Waals surface area contributed by atoms with Crippen molar-refractivity contribution in [2.24, 2.45) is 5.92 Å². The van der Waals surface area contributed by atoms with Gasteiger partial charge in [0.1, 0.15) is 10.6 Å². The predicted octanol–water partition coefficient (Wildman–Crippen LogP) is 3.47. The van der Waals surface area contributed by atoms with Crippen molar-refractivity contribution in [1.29, 1.82) is 0 Å². The summed E-state index contributed by atoms with van der Waals surface area (Å²) in [6.07, 6.45) is 0.684. The number of nitrogens with zero attached hydrogens (tertiary/aromatic N) is 2. The second-order valence-corrected chi connectivity index (χ2v) is 6.50. The molecule has 0 aliphatic heterocycles. The molecule has 2 rings (SSSR count). The highest BCUT2D eigenvalue weighted by Crippen LogP contribution is 2.30. The number of halogens is 1. The first kappa shape index (κ1) is 14.5. The molecule has 0 amide bonds. The Bertz CT molecular complexity index is 570. The van der Waals surface area contributed by atoms with E-state index in [9.17, 15) is 0 Å². The molecule has 0 aromatic carbocycles. The van der Waals surface area contributed by atoms with Crippen LogP contribution < -0.4 is 5.32 Å². The van der Waals surface area contributed by atoms with Crippen molar-refractivity contribution in [3.8, 4) is 0 Å². The van der Waals surface area contributed by atoms with Crippen molar-refractivity contribution in [2.45, 2.75) is 33.2 Å². The van der Waals surface area contributed by atoms with E-state index in [1.165, 1.54) is 4.88 Å². The van der Waals surface area contributed by atoms with Gasteiger partial charge in [-0.3, -0.25) is 0 Å². The minimum absolute atomic E-state index is 0.153. The first-order valence-corrected chi connectivity index (χ1v) is 7.51. The van der Waals surface area contributed by atoms with Crippen LogP contribution in [-0.2, 0) is 0 Å². The van der Waals surface area contributed by atoms with Gasteiger partial charge in [-0.2, -0.15) is 0 Å². The number of fused-ring (bicyclic) bond motifs is 1. The molecule has 2 aromatic rings. The predicted molar refractivity (Wildman–Crippen MR) is 81.1 cm³/mol. The van der Waals surface area contributed by atoms with E-state index < -0.39 is 0 Å². The molecule has 0 bridgehead atoms. The zero-order chi connectivity index (χ0) is 14.0. The molecule has 0 radical (unpaired) electrons. The Morgan fingerprint density at radius 1 is 1.42 bits per heavy atom. The molecule has 0 aliphatic rings. The lowest BCUT2D eigenvalue weighted by Gasteiger charge is -2.22. The second kappa shape index (κ2) is 6.03. The smallest absolute Gasteiger partial charge is 0.225 e. The second-order valence-electron chi connectivity index (χ2n) is 4.92. The van der Waals surface area contributed by atoms with Gasteiger partial charge >= 0.3 is 0 Å². The maximum absolute atomic E-state index is 9.14. The minimum atomic E-state index is 0.153. The largest absolute Gasteiger partial charge is 0.396 e. The first-order chi connectivity index (χ1) is 9.01. The van der Waals surface area contributed by atoms with Gasteiger partial charge in [0, 0.05) is 17.5 Å². The van der Waals surface area contributed by atoms with Crippen molar-refractivity contribution in [1.82, 2.24) is 9.97 Å². The molecule has 0 saturated carbocycles. The van der Waals surface area contributed by atoms with Crippen LogP contribution >= 0.6 is 22.9 Å². The standard InChI is InChI=1S/C13H18ClN3OS/c1-7(2)10(4-5-18)15-11-9-6-8(3)19-12(9)17-13(14)16-11/h6-7,10,18H,4-5H2,1-3H3,(H,15,16,17). The lowest BCUT2D eigenvalue weighted by molar-refractivity contribution is 0.267. The highest BCUT2D eigenvalue weighted by Gasteiger charge is 2.16. The van der Waals surface area contributed by atoms with Crippen molar-refractivity contribution >= 4 is 39.0 Å². The average molecular weight is 300 g/mol. The molecule has 0 aliphatic carbocycles. The van der Waals surface area contributed by atoms with Crippen LogP contribution in [0, 0.1) is 12.8 Å². The number of aliphatic hydroxyl groups excluding tert-OH is 1. The molecule has 4 nitrogen and oxygen atoms in total. The Labute approximate surface area is 121 Å². The van der Waals surface area contributed by atoms with Crippen LogP contribution in [0.5, 0.6) is 0 Å². The van der Waals surface area contributed by atoms with Gasteiger partial charge in [0.2, 0.25) is 5.28 Å². The molecule has 104 valence electrons. The normalized spacial score (nSPS) is 13.2. The monoisotopic (exact) mass is 299 g/mol. The summed E-state index contributed by atoms with van der Waals surface area (Å²) in [6.45, 7) is 6.43. The van der Waals surface area contributed by atoms with Gasteiger partial charge in [0.15, 0.2) is 0 Å². The molecular formula is C13H18ClN3OS. The Hall–Kier alpha value is -0.910. The highest BCUT2D eigenvalue weighted by molar-refractivity contribution is 7.18. The zero-order valence-electron chi connectivity index (χ0n) is 11.3. The van der Waals surface area contributed by atoms with E-state index in [0.29, 0.717) is 12.3 Å². The highest BCUT2D eigenvalue weighted by atomic mass is 35.5. The number of aromatic nitrogens is 2. The van der Waals surface area contributed by atoms with E-state index in [2.05, 4.69) is 35.2 Å². The molecular weight excluding hydrogens is 282 g/mol. The molecule has 6 heteroatoms. The van der Waals surface area contributed by atoms with E-state index >= 15 is 0 Å². The van der Waals surface area contributed by atoms with Gasteiger partial charge in [-0.25, -0.2) is 9.97 Å². The van der Waals surface area contributed by atoms with Crippen LogP contribution in [0.2, 0.25) is 5.28 Å². The van der Waals surface area contributed by atoms with Crippen molar-refractivity contribution in [3.05, 3.63) is 16.2 Å². The molecule has 1 atom stereocenters. The molecule has 2 heterocycles. The number of anilines is 1. The van der Waals surface area contributed by atoms with E-state index in [4.69, 9.17) is 16.7 Å². The summed E-state index contributed by atoms with van der Waals surface area (Å²) < 4.78 is 0. The Kier molecular flexibility index (Phi) is 4.60. The maximum Gasteiger partial charge on any atom is 0.225 e. The van der Waals surface area contributed by atoms with Crippen LogP contribution in [0.1, 0.15) is 25.1 Å². The zero-order valence-corrected chi connectivity index (χ0v) is 12.8. The summed E-state index contributed by atoms with van der Waals surface area (Å²) in [4.78, 5) is 10.6. The summed E-state index contributed by atoms with van der Waals surface area (Å²) >= 11 is 7.57. The van der Waals surface area contributed by atoms with Gasteiger partial charge in [0.05, 0.1) is 5.39 Å². The summed E-state index contributed by atoms with van der Waals surface area (Å²) in [7, 11) is 0. The SMILES string of the molecule is Cc1cc2c(NC(CCO)C(C)C)nc(Cl)nc2s1. The molecule has 2 aromatic heterocycles. The van der Waals surface area contributed by atoms with Crippen LogP contribution in [0.4, 0.5) is 5.82 Å². The van der Waals surface area contributed by atoms with Gasteiger partial charge in [-0.15, -0.1) is 11.3 Å². The van der Waals surface area contributed by atoms with Crippen LogP contribution in [0.3, 0.4) is 0 Å². The lowest BCUT2D eigenvalue weighted by Crippen LogP contribution is -2.27. The molecule has 0 fully saturated rings. The first-order valence-electron chi connectivity index (χ1n) is 6.32. The molecule has 0 saturated heterocycles. The van der Waals surface area contributed by atoms with E-state index in [0.717, 1.165) is 16.0 Å². The summed E-state index contributed by atoms with van der Waals surface area (Å²) in [5.41, 5.74) is 0. The summed E-state index contributed by atoms with van der Waals surface area (Å²) in [5, 5.41) is 13.8. The number of hydrogen-bond acceptors (Lipinski definition) is 5. The third-order valence-electron chi connectivity index (χ3n) is 3.06. The molecule has 2 N–H and O–H groups in total. The summed E-state index contributed by atoms with van der Waals surface area (Å²) in [5.74, 6) is 1.15. The number of rotatable bonds is 5. The van der Waals surface area contributed by atoms with Gasteiger partial charge in [-0.1, -0.05) is 13.8 Å². The lowest BCUT2D eigenvalue weighted by atomic mass is 10.0. The Balaban J connectivity index is 2.37. The topological polar surface area (TPSA) is 58.0 Å². The average Bonchev–Trinajstić information content (AvgIpc) is 2.68. The number of nitrogens with one attached hydrogen (secondary N) is 1. The fourth-order valence-electron chi connectivity index (χ4n) is 2.01. The van der Waals surface area contributed by atoms with Crippen LogP contribution in [0.25, 0.3) is 10.2 Å². The Morgan fingerprint density at radius 3 is 2.79 bits per heavy atom. The number of thiophene rings is 1. The maximum atomic E-state index is 9.14. The molecule has 19 heavy (non-hydrogen) atoms. The van der Waals surface area contributed by atoms with Crippen LogP contribution in [-0.4, -0.2) is 27.7 Å². The van der Waals surface area contributed by atoms with Gasteiger partial charge in [-0.05, 0) is 36.9 Å². The molecule has 0 spiro atoms. The van der Waals surface area contributed by atoms with Crippen LogP contribution in [0.15, 0.2) is 6.07 Å². The van der Waals surface area contributed by atoms with Gasteiger partial charge < -0.3 is 10.4 Å². The third-order valence-corrected chi connectivity index (χ3v) is 4.17. The minimum Gasteiger partial charge on any atom is -0.396 e. The van der Waals surface area contributed by atoms with Crippen molar-refractivity contribution in [3.63, 3.8) is 0 Å². The quantitative estimate of drug-likeness (QED) is 0.830. The Morgan fingerprint density at radius 2 is 2.16 bits per heavy atom. The van der Waals surface area contributed by atoms with E-state index in [-0.39, 0.29) is 17.9 Å². The van der Waals surface area contributed by atoms with E-state index in [1.807, 2.05) is 6.92 Å². The van der Waals surface area contributed by atoms with Crippen molar-refractivity contribution in [2.75, 3.05) is 11.9 Å². The number of aryl methyl sites for hydroxylation is 1. The van der Waals surface area contributed by atoms with Gasteiger partial charge in [0.25, 0.3) is 0 Å².